The third-order valence-corrected chi connectivity index (χ3v) is 8.16. The molecule has 13 heteroatoms. The number of rotatable bonds is 9. The fourth-order valence-corrected chi connectivity index (χ4v) is 5.78. The van der Waals surface area contributed by atoms with Gasteiger partial charge < -0.3 is 16.4 Å². The van der Waals surface area contributed by atoms with Gasteiger partial charge in [0.2, 0.25) is 5.91 Å². The van der Waals surface area contributed by atoms with Crippen LogP contribution in [0.1, 0.15) is 46.8 Å². The Morgan fingerprint density at radius 2 is 1.95 bits per heavy atom. The van der Waals surface area contributed by atoms with Gasteiger partial charge in [0.05, 0.1) is 22.9 Å². The fraction of sp³-hybridized carbons (Fsp3) is 0.440. The molecule has 0 aromatic heterocycles. The third kappa shape index (κ3) is 7.92. The summed E-state index contributed by atoms with van der Waals surface area (Å²) in [6, 6.07) is 6.52. The highest BCUT2D eigenvalue weighted by Crippen LogP contribution is 2.37. The molecule has 0 saturated carbocycles. The minimum absolute atomic E-state index is 0.0785. The van der Waals surface area contributed by atoms with Crippen molar-refractivity contribution in [3.8, 4) is 0 Å². The molecule has 208 valence electrons. The van der Waals surface area contributed by atoms with Crippen LogP contribution in [-0.4, -0.2) is 52.4 Å². The van der Waals surface area contributed by atoms with Crippen molar-refractivity contribution in [2.75, 3.05) is 25.4 Å². The van der Waals surface area contributed by atoms with Crippen molar-refractivity contribution in [1.82, 2.24) is 15.5 Å². The maximum Gasteiger partial charge on any atom is 0.416 e. The third-order valence-electron chi connectivity index (χ3n) is 6.17. The summed E-state index contributed by atoms with van der Waals surface area (Å²) in [7, 11) is -1.32. The molecule has 3 rings (SSSR count). The average molecular weight is 593 g/mol. The van der Waals surface area contributed by atoms with Gasteiger partial charge in [-0.25, -0.2) is 0 Å². The Morgan fingerprint density at radius 1 is 1.21 bits per heavy atom. The molecule has 1 aliphatic heterocycles. The van der Waals surface area contributed by atoms with Crippen LogP contribution in [0.15, 0.2) is 35.2 Å². The summed E-state index contributed by atoms with van der Waals surface area (Å²) < 4.78 is 54.5. The van der Waals surface area contributed by atoms with Gasteiger partial charge in [-0.05, 0) is 60.8 Å². The van der Waals surface area contributed by atoms with Crippen molar-refractivity contribution in [3.63, 3.8) is 0 Å². The standard InChI is InChI=1S/C25H29Cl2F3N4O3S/c1-2-38(37)22-6-5-17(26)8-16(22)12-32-24(36)15-9-20(25(28,29)30)19(21(27)10-15)14-34-7-3-4-18(13-34)33-23(35)11-31/h5-6,8-10,18H,2-4,7,11-14,31H2,1H3,(H,32,36)(H,33,35)/t18-,38?/m1/s1. The Hall–Kier alpha value is -2.18. The molecule has 38 heavy (non-hydrogen) atoms. The minimum Gasteiger partial charge on any atom is -0.351 e. The molecule has 2 aromatic rings. The summed E-state index contributed by atoms with van der Waals surface area (Å²) in [6.07, 6.45) is -3.37. The number of halogens is 5. The molecule has 2 amide bonds. The average Bonchev–Trinajstić information content (AvgIpc) is 2.87. The van der Waals surface area contributed by atoms with Crippen LogP contribution in [0.3, 0.4) is 0 Å². The summed E-state index contributed by atoms with van der Waals surface area (Å²) in [4.78, 5) is 26.8. The molecule has 0 spiro atoms. The summed E-state index contributed by atoms with van der Waals surface area (Å²) in [5.41, 5.74) is 4.45. The molecule has 1 saturated heterocycles. The Balaban J connectivity index is 1.81. The molecule has 7 nitrogen and oxygen atoms in total. The van der Waals surface area contributed by atoms with Gasteiger partial charge in [-0.3, -0.25) is 18.7 Å². The van der Waals surface area contributed by atoms with Crippen molar-refractivity contribution in [2.24, 2.45) is 5.73 Å². The molecule has 2 atom stereocenters. The van der Waals surface area contributed by atoms with Crippen LogP contribution >= 0.6 is 23.2 Å². The molecule has 0 bridgehead atoms. The van der Waals surface area contributed by atoms with Gasteiger partial charge in [-0.2, -0.15) is 13.2 Å². The second-order valence-corrected chi connectivity index (χ2v) is 11.4. The van der Waals surface area contributed by atoms with E-state index >= 15 is 0 Å². The van der Waals surface area contributed by atoms with E-state index in [4.69, 9.17) is 28.9 Å². The predicted octanol–water partition coefficient (Wildman–Crippen LogP) is 4.11. The smallest absolute Gasteiger partial charge is 0.351 e. The molecule has 1 heterocycles. The van der Waals surface area contributed by atoms with E-state index < -0.39 is 28.4 Å². The van der Waals surface area contributed by atoms with Gasteiger partial charge in [0.15, 0.2) is 0 Å². The van der Waals surface area contributed by atoms with Gasteiger partial charge in [0.25, 0.3) is 5.91 Å². The van der Waals surface area contributed by atoms with Gasteiger partial charge in [0.1, 0.15) is 0 Å². The van der Waals surface area contributed by atoms with Gasteiger partial charge in [0, 0.05) is 51.9 Å². The number of hydrogen-bond donors (Lipinski definition) is 3. The summed E-state index contributed by atoms with van der Waals surface area (Å²) >= 11 is 12.4. The Labute approximate surface area is 231 Å². The van der Waals surface area contributed by atoms with Crippen LogP contribution < -0.4 is 16.4 Å². The lowest BCUT2D eigenvalue weighted by Crippen LogP contribution is -2.48. The number of nitrogens with zero attached hydrogens (tertiary/aromatic N) is 1. The lowest BCUT2D eigenvalue weighted by Gasteiger charge is -2.34. The van der Waals surface area contributed by atoms with Gasteiger partial charge in [-0.15, -0.1) is 0 Å². The number of piperidine rings is 1. The van der Waals surface area contributed by atoms with E-state index in [0.717, 1.165) is 6.07 Å². The number of hydrogen-bond acceptors (Lipinski definition) is 5. The number of carbonyl (C=O) groups is 2. The number of benzene rings is 2. The molecule has 4 N–H and O–H groups in total. The van der Waals surface area contributed by atoms with Crippen molar-refractivity contribution in [2.45, 2.75) is 50.0 Å². The maximum absolute atomic E-state index is 14.1. The molecule has 0 aliphatic carbocycles. The normalized spacial score (nSPS) is 17.2. The van der Waals surface area contributed by atoms with Crippen molar-refractivity contribution in [3.05, 3.63) is 62.6 Å². The monoisotopic (exact) mass is 592 g/mol. The van der Waals surface area contributed by atoms with Crippen LogP contribution in [0.2, 0.25) is 10.0 Å². The molecule has 1 unspecified atom stereocenters. The zero-order valence-corrected chi connectivity index (χ0v) is 23.0. The number of alkyl halides is 3. The summed E-state index contributed by atoms with van der Waals surface area (Å²) in [5, 5.41) is 5.54. The number of amides is 2. The summed E-state index contributed by atoms with van der Waals surface area (Å²) in [5.74, 6) is -0.738. The van der Waals surface area contributed by atoms with Crippen LogP contribution in [-0.2, 0) is 34.9 Å². The number of nitrogens with one attached hydrogen (secondary N) is 2. The Morgan fingerprint density at radius 3 is 2.61 bits per heavy atom. The lowest BCUT2D eigenvalue weighted by molar-refractivity contribution is -0.138. The molecule has 1 aliphatic rings. The van der Waals surface area contributed by atoms with E-state index in [1.807, 2.05) is 0 Å². The molecule has 1 fully saturated rings. The van der Waals surface area contributed by atoms with Crippen molar-refractivity contribution < 1.29 is 27.0 Å². The first kappa shape index (κ1) is 30.4. The van der Waals surface area contributed by atoms with E-state index in [9.17, 15) is 27.0 Å². The first-order chi connectivity index (χ1) is 17.9. The highest BCUT2D eigenvalue weighted by atomic mass is 35.5. The second-order valence-electron chi connectivity index (χ2n) is 8.90. The van der Waals surface area contributed by atoms with Crippen LogP contribution in [0.4, 0.5) is 13.2 Å². The lowest BCUT2D eigenvalue weighted by atomic mass is 10.00. The van der Waals surface area contributed by atoms with E-state index in [2.05, 4.69) is 10.6 Å². The summed E-state index contributed by atoms with van der Waals surface area (Å²) in [6.45, 7) is 2.29. The largest absolute Gasteiger partial charge is 0.416 e. The first-order valence-corrected chi connectivity index (χ1v) is 14.1. The van der Waals surface area contributed by atoms with Crippen molar-refractivity contribution >= 4 is 45.8 Å². The number of carbonyl (C=O) groups excluding carboxylic acids is 2. The highest BCUT2D eigenvalue weighted by molar-refractivity contribution is 7.85. The zero-order chi connectivity index (χ0) is 28.0. The van der Waals surface area contributed by atoms with E-state index in [1.165, 1.54) is 6.07 Å². The van der Waals surface area contributed by atoms with E-state index in [0.29, 0.717) is 47.2 Å². The molecule has 2 aromatic carbocycles. The highest BCUT2D eigenvalue weighted by Gasteiger charge is 2.36. The topological polar surface area (TPSA) is 105 Å². The SMILES string of the molecule is CCS(=O)c1ccc(Cl)cc1CNC(=O)c1cc(Cl)c(CN2CCC[C@@H](NC(=O)CN)C2)c(C(F)(F)F)c1. The van der Waals surface area contributed by atoms with Gasteiger partial charge in [-0.1, -0.05) is 30.1 Å². The number of likely N-dealkylation sites (tertiary alicyclic amines) is 1. The Kier molecular flexibility index (Phi) is 10.6. The van der Waals surface area contributed by atoms with E-state index in [1.54, 1.807) is 30.0 Å². The quantitative estimate of drug-likeness (QED) is 0.406. The number of nitrogens with two attached hydrogens (primary N) is 1. The maximum atomic E-state index is 14.1. The fourth-order valence-electron chi connectivity index (χ4n) is 4.35. The second kappa shape index (κ2) is 13.3. The van der Waals surface area contributed by atoms with Gasteiger partial charge >= 0.3 is 6.18 Å². The molecule has 0 radical (unpaired) electrons. The molecular weight excluding hydrogens is 564 g/mol. The van der Waals surface area contributed by atoms with Crippen LogP contribution in [0.25, 0.3) is 0 Å². The first-order valence-electron chi connectivity index (χ1n) is 12.0. The van der Waals surface area contributed by atoms with Crippen LogP contribution in [0.5, 0.6) is 0 Å². The Bertz CT molecular complexity index is 1210. The van der Waals surface area contributed by atoms with Crippen molar-refractivity contribution in [1.29, 1.82) is 0 Å². The van der Waals surface area contributed by atoms with E-state index in [-0.39, 0.29) is 47.7 Å². The predicted molar refractivity (Wildman–Crippen MR) is 142 cm³/mol. The van der Waals surface area contributed by atoms with Crippen LogP contribution in [0, 0.1) is 0 Å². The minimum atomic E-state index is -4.75. The molecular formula is C25H29Cl2F3N4O3S. The zero-order valence-electron chi connectivity index (χ0n) is 20.7.